The Kier molecular flexibility index (Phi) is 6.46. The Labute approximate surface area is 217 Å². The molecule has 0 unspecified atom stereocenters. The predicted molar refractivity (Wildman–Crippen MR) is 136 cm³/mol. The van der Waals surface area contributed by atoms with Gasteiger partial charge in [0.15, 0.2) is 0 Å². The summed E-state index contributed by atoms with van der Waals surface area (Å²) in [7, 11) is 1.56. The first kappa shape index (κ1) is 25.5. The molecule has 1 aliphatic heterocycles. The van der Waals surface area contributed by atoms with Crippen LogP contribution in [0.25, 0.3) is 16.9 Å². The van der Waals surface area contributed by atoms with Gasteiger partial charge in [-0.05, 0) is 68.5 Å². The van der Waals surface area contributed by atoms with Gasteiger partial charge in [0.1, 0.15) is 24.0 Å². The molecule has 0 saturated heterocycles. The lowest BCUT2D eigenvalue weighted by Crippen LogP contribution is -2.42. The van der Waals surface area contributed by atoms with Crippen LogP contribution in [-0.4, -0.2) is 50.3 Å². The maximum atomic E-state index is 13.6. The SMILES string of the molecule is COc1cc(-c2cn([C@@H]3CCc4c(C)cc(C)cc4N(CC(F)(F)F)C3=O)nn2)ccc1-n1cnc(C)c1. The van der Waals surface area contributed by atoms with E-state index in [9.17, 15) is 18.0 Å². The van der Waals surface area contributed by atoms with Crippen molar-refractivity contribution in [3.8, 4) is 22.7 Å². The number of hydrogen-bond donors (Lipinski definition) is 0. The van der Waals surface area contributed by atoms with Gasteiger partial charge in [0.2, 0.25) is 0 Å². The summed E-state index contributed by atoms with van der Waals surface area (Å²) in [6.07, 6.45) is 1.34. The van der Waals surface area contributed by atoms with Crippen LogP contribution in [0.3, 0.4) is 0 Å². The van der Waals surface area contributed by atoms with Gasteiger partial charge in [-0.2, -0.15) is 13.2 Å². The average molecular weight is 525 g/mol. The first-order chi connectivity index (χ1) is 18.0. The zero-order valence-corrected chi connectivity index (χ0v) is 21.5. The number of anilines is 1. The van der Waals surface area contributed by atoms with E-state index in [-0.39, 0.29) is 0 Å². The Hall–Kier alpha value is -4.15. The van der Waals surface area contributed by atoms with Crippen LogP contribution in [-0.2, 0) is 11.2 Å². The molecular formula is C27H27F3N6O2. The summed E-state index contributed by atoms with van der Waals surface area (Å²) in [5, 5.41) is 8.40. The van der Waals surface area contributed by atoms with Crippen LogP contribution in [0.1, 0.15) is 34.8 Å². The number of nitrogens with zero attached hydrogens (tertiary/aromatic N) is 6. The zero-order valence-electron chi connectivity index (χ0n) is 21.5. The fourth-order valence-corrected chi connectivity index (χ4v) is 5.00. The third-order valence-electron chi connectivity index (χ3n) is 6.74. The standard InChI is InChI=1S/C27H27F3N6O2/c1-16-9-17(2)20-6-8-23(26(37)35(24(20)10-16)14-27(28,29)30)36-13-21(32-33-36)19-5-7-22(25(11-19)38-4)34-12-18(3)31-15-34/h5,7,9-13,15,23H,6,8,14H2,1-4H3/t23-/m1/s1. The number of benzene rings is 2. The summed E-state index contributed by atoms with van der Waals surface area (Å²) in [6, 6.07) is 8.14. The molecule has 0 spiro atoms. The Morgan fingerprint density at radius 1 is 1.08 bits per heavy atom. The monoisotopic (exact) mass is 524 g/mol. The number of carbonyl (C=O) groups is 1. The highest BCUT2D eigenvalue weighted by Crippen LogP contribution is 2.37. The molecule has 5 rings (SSSR count). The van der Waals surface area contributed by atoms with Crippen molar-refractivity contribution in [2.75, 3.05) is 18.6 Å². The molecule has 11 heteroatoms. The van der Waals surface area contributed by atoms with E-state index < -0.39 is 24.7 Å². The molecule has 0 N–H and O–H groups in total. The molecular weight excluding hydrogens is 497 g/mol. The predicted octanol–water partition coefficient (Wildman–Crippen LogP) is 5.15. The van der Waals surface area contributed by atoms with Crippen molar-refractivity contribution < 1.29 is 22.7 Å². The van der Waals surface area contributed by atoms with E-state index in [0.717, 1.165) is 33.0 Å². The van der Waals surface area contributed by atoms with Crippen LogP contribution in [0.15, 0.2) is 49.1 Å². The molecule has 2 aromatic carbocycles. The molecule has 4 aromatic rings. The van der Waals surface area contributed by atoms with Crippen molar-refractivity contribution in [2.24, 2.45) is 0 Å². The number of rotatable bonds is 5. The number of imidazole rings is 1. The summed E-state index contributed by atoms with van der Waals surface area (Å²) >= 11 is 0. The topological polar surface area (TPSA) is 78.1 Å². The number of aromatic nitrogens is 5. The molecule has 0 aliphatic carbocycles. The fourth-order valence-electron chi connectivity index (χ4n) is 5.00. The molecule has 0 fully saturated rings. The molecule has 0 radical (unpaired) electrons. The van der Waals surface area contributed by atoms with Gasteiger partial charge >= 0.3 is 6.18 Å². The van der Waals surface area contributed by atoms with Crippen LogP contribution >= 0.6 is 0 Å². The maximum absolute atomic E-state index is 13.6. The second-order valence-electron chi connectivity index (χ2n) is 9.57. The van der Waals surface area contributed by atoms with E-state index >= 15 is 0 Å². The van der Waals surface area contributed by atoms with Gasteiger partial charge in [0, 0.05) is 17.4 Å². The van der Waals surface area contributed by atoms with Crippen LogP contribution in [0.4, 0.5) is 18.9 Å². The van der Waals surface area contributed by atoms with Gasteiger partial charge in [0.05, 0.1) is 31.0 Å². The highest BCUT2D eigenvalue weighted by atomic mass is 19.4. The normalized spacial score (nSPS) is 15.9. The number of fused-ring (bicyclic) bond motifs is 1. The van der Waals surface area contributed by atoms with Crippen molar-refractivity contribution in [2.45, 2.75) is 45.8 Å². The van der Waals surface area contributed by atoms with Crippen LogP contribution in [0.2, 0.25) is 0 Å². The van der Waals surface area contributed by atoms with Gasteiger partial charge < -0.3 is 14.2 Å². The number of halogens is 3. The number of carbonyl (C=O) groups excluding carboxylic acids is 1. The Bertz CT molecular complexity index is 1510. The lowest BCUT2D eigenvalue weighted by Gasteiger charge is -2.27. The molecule has 0 saturated carbocycles. The highest BCUT2D eigenvalue weighted by molar-refractivity contribution is 5.98. The van der Waals surface area contributed by atoms with E-state index in [1.165, 1.54) is 4.68 Å². The molecule has 1 atom stereocenters. The molecule has 2 aromatic heterocycles. The average Bonchev–Trinajstić information content (AvgIpc) is 3.49. The first-order valence-electron chi connectivity index (χ1n) is 12.1. The summed E-state index contributed by atoms with van der Waals surface area (Å²) in [5.74, 6) is -0.0800. The van der Waals surface area contributed by atoms with Crippen LogP contribution in [0, 0.1) is 20.8 Å². The Morgan fingerprint density at radius 2 is 1.87 bits per heavy atom. The van der Waals surface area contributed by atoms with Crippen molar-refractivity contribution in [1.29, 1.82) is 0 Å². The minimum absolute atomic E-state index is 0.301. The van der Waals surface area contributed by atoms with Crippen molar-refractivity contribution >= 4 is 11.6 Å². The van der Waals surface area contributed by atoms with E-state index in [4.69, 9.17) is 4.74 Å². The molecule has 8 nitrogen and oxygen atoms in total. The van der Waals surface area contributed by atoms with Gasteiger partial charge in [-0.1, -0.05) is 17.3 Å². The number of hydrogen-bond acceptors (Lipinski definition) is 5. The zero-order chi connectivity index (χ0) is 27.2. The third kappa shape index (κ3) is 4.88. The fraction of sp³-hybridized carbons (Fsp3) is 0.333. The maximum Gasteiger partial charge on any atom is 0.406 e. The van der Waals surface area contributed by atoms with Crippen molar-refractivity contribution in [3.63, 3.8) is 0 Å². The van der Waals surface area contributed by atoms with Gasteiger partial charge in [-0.25, -0.2) is 9.67 Å². The van der Waals surface area contributed by atoms with Crippen LogP contribution < -0.4 is 9.64 Å². The number of amides is 1. The largest absolute Gasteiger partial charge is 0.495 e. The Morgan fingerprint density at radius 3 is 2.55 bits per heavy atom. The molecule has 1 aliphatic rings. The highest BCUT2D eigenvalue weighted by Gasteiger charge is 2.40. The van der Waals surface area contributed by atoms with E-state index in [2.05, 4.69) is 15.3 Å². The van der Waals surface area contributed by atoms with Gasteiger partial charge in [0.25, 0.3) is 5.91 Å². The van der Waals surface area contributed by atoms with E-state index in [1.807, 2.05) is 49.7 Å². The van der Waals surface area contributed by atoms with E-state index in [0.29, 0.717) is 35.5 Å². The number of alkyl halides is 3. The quantitative estimate of drug-likeness (QED) is 0.361. The van der Waals surface area contributed by atoms with Gasteiger partial charge in [-0.3, -0.25) is 4.79 Å². The van der Waals surface area contributed by atoms with E-state index in [1.54, 1.807) is 31.8 Å². The molecule has 3 heterocycles. The third-order valence-corrected chi connectivity index (χ3v) is 6.74. The number of methoxy groups -OCH3 is 1. The smallest absolute Gasteiger partial charge is 0.406 e. The lowest BCUT2D eigenvalue weighted by atomic mass is 9.98. The molecule has 38 heavy (non-hydrogen) atoms. The second-order valence-corrected chi connectivity index (χ2v) is 9.57. The minimum Gasteiger partial charge on any atom is -0.495 e. The number of aryl methyl sites for hydroxylation is 3. The molecule has 198 valence electrons. The minimum atomic E-state index is -4.56. The van der Waals surface area contributed by atoms with Crippen LogP contribution in [0.5, 0.6) is 5.75 Å². The summed E-state index contributed by atoms with van der Waals surface area (Å²) in [5.41, 5.74) is 5.52. The van der Waals surface area contributed by atoms with Crippen molar-refractivity contribution in [3.05, 3.63) is 71.4 Å². The summed E-state index contributed by atoms with van der Waals surface area (Å²) < 4.78 is 49.5. The van der Waals surface area contributed by atoms with Crippen molar-refractivity contribution in [1.82, 2.24) is 24.5 Å². The number of ether oxygens (including phenoxy) is 1. The first-order valence-corrected chi connectivity index (χ1v) is 12.1. The summed E-state index contributed by atoms with van der Waals surface area (Å²) in [6.45, 7) is 4.19. The Balaban J connectivity index is 1.49. The second kappa shape index (κ2) is 9.62. The molecule has 0 bridgehead atoms. The molecule has 1 amide bonds. The summed E-state index contributed by atoms with van der Waals surface area (Å²) in [4.78, 5) is 18.7. The lowest BCUT2D eigenvalue weighted by molar-refractivity contribution is -0.134. The van der Waals surface area contributed by atoms with Gasteiger partial charge in [-0.15, -0.1) is 5.10 Å².